The van der Waals surface area contributed by atoms with Crippen LogP contribution in [-0.2, 0) is 20.7 Å². The third-order valence-corrected chi connectivity index (χ3v) is 3.11. The van der Waals surface area contributed by atoms with Crippen molar-refractivity contribution >= 4 is 28.7 Å². The molecule has 0 aliphatic rings. The Balaban J connectivity index is 2.54. The van der Waals surface area contributed by atoms with Crippen LogP contribution in [0.1, 0.15) is 18.7 Å². The summed E-state index contributed by atoms with van der Waals surface area (Å²) in [5.74, 6) is -0.0674. The predicted octanol–water partition coefficient (Wildman–Crippen LogP) is 2.91. The zero-order chi connectivity index (χ0) is 12.0. The van der Waals surface area contributed by atoms with Gasteiger partial charge in [0, 0.05) is 24.5 Å². The zero-order valence-corrected chi connectivity index (χ0v) is 10.9. The molecular weight excluding hydrogens is 248 g/mol. The molecule has 0 saturated carbocycles. The maximum atomic E-state index is 11.8. The molecule has 0 saturated heterocycles. The number of Topliss-reactive ketones (excluding diaryl/α,β-unsaturated/α-hetero) is 1. The van der Waals surface area contributed by atoms with Crippen LogP contribution in [0, 0.1) is 0 Å². The summed E-state index contributed by atoms with van der Waals surface area (Å²) < 4.78 is 11.1. The van der Waals surface area contributed by atoms with Gasteiger partial charge in [0.05, 0.1) is 4.34 Å². The van der Waals surface area contributed by atoms with Gasteiger partial charge in [-0.15, -0.1) is 11.3 Å². The molecule has 0 unspecified atom stereocenters. The molecule has 0 N–H and O–H groups in total. The van der Waals surface area contributed by atoms with Gasteiger partial charge < -0.3 is 9.47 Å². The highest BCUT2D eigenvalue weighted by Gasteiger charge is 2.19. The van der Waals surface area contributed by atoms with Gasteiger partial charge in [-0.3, -0.25) is 4.79 Å². The number of carbonyl (C=O) groups excluding carboxylic acids is 1. The van der Waals surface area contributed by atoms with E-state index in [-0.39, 0.29) is 5.78 Å². The van der Waals surface area contributed by atoms with Crippen molar-refractivity contribution in [1.82, 2.24) is 0 Å². The molecule has 1 aromatic rings. The molecule has 1 aromatic heterocycles. The Kier molecular flexibility index (Phi) is 5.98. The van der Waals surface area contributed by atoms with E-state index in [9.17, 15) is 4.79 Å². The molecule has 0 spiro atoms. The Labute approximate surface area is 104 Å². The van der Waals surface area contributed by atoms with E-state index in [2.05, 4.69) is 0 Å². The molecular formula is C11H15ClO3S. The minimum absolute atomic E-state index is 0.0674. The van der Waals surface area contributed by atoms with Gasteiger partial charge in [-0.25, -0.2) is 0 Å². The van der Waals surface area contributed by atoms with E-state index >= 15 is 0 Å². The molecule has 0 radical (unpaired) electrons. The molecule has 1 rings (SSSR count). The SMILES string of the molecule is CCOC(OCC)C(=O)Cc1ccc(Cl)s1. The van der Waals surface area contributed by atoms with Gasteiger partial charge in [0.15, 0.2) is 5.78 Å². The molecule has 0 bridgehead atoms. The van der Waals surface area contributed by atoms with Crippen molar-refractivity contribution in [2.24, 2.45) is 0 Å². The number of hydrogen-bond donors (Lipinski definition) is 0. The maximum absolute atomic E-state index is 11.8. The smallest absolute Gasteiger partial charge is 0.218 e. The van der Waals surface area contributed by atoms with E-state index in [0.717, 1.165) is 4.88 Å². The fourth-order valence-corrected chi connectivity index (χ4v) is 2.34. The number of thiophene rings is 1. The van der Waals surface area contributed by atoms with Crippen LogP contribution in [0.25, 0.3) is 0 Å². The Morgan fingerprint density at radius 2 is 2.00 bits per heavy atom. The molecule has 0 aromatic carbocycles. The topological polar surface area (TPSA) is 35.5 Å². The molecule has 0 aliphatic carbocycles. The van der Waals surface area contributed by atoms with Gasteiger partial charge in [0.25, 0.3) is 0 Å². The van der Waals surface area contributed by atoms with Crippen molar-refractivity contribution in [3.63, 3.8) is 0 Å². The number of carbonyl (C=O) groups is 1. The van der Waals surface area contributed by atoms with Crippen LogP contribution in [0.4, 0.5) is 0 Å². The van der Waals surface area contributed by atoms with Gasteiger partial charge in [-0.1, -0.05) is 11.6 Å². The Hall–Kier alpha value is -0.420. The lowest BCUT2D eigenvalue weighted by Crippen LogP contribution is -2.28. The van der Waals surface area contributed by atoms with Crippen LogP contribution in [0.5, 0.6) is 0 Å². The summed E-state index contributed by atoms with van der Waals surface area (Å²) in [5, 5.41) is 0. The molecule has 1 heterocycles. The van der Waals surface area contributed by atoms with E-state index in [4.69, 9.17) is 21.1 Å². The van der Waals surface area contributed by atoms with Crippen molar-refractivity contribution in [1.29, 1.82) is 0 Å². The van der Waals surface area contributed by atoms with E-state index in [1.54, 1.807) is 6.07 Å². The number of halogens is 1. The fraction of sp³-hybridized carbons (Fsp3) is 0.545. The summed E-state index contributed by atoms with van der Waals surface area (Å²) in [6.07, 6.45) is -0.446. The number of ketones is 1. The van der Waals surface area contributed by atoms with Crippen molar-refractivity contribution in [3.05, 3.63) is 21.3 Å². The van der Waals surface area contributed by atoms with Gasteiger partial charge >= 0.3 is 0 Å². The first-order valence-electron chi connectivity index (χ1n) is 5.17. The van der Waals surface area contributed by atoms with Crippen molar-refractivity contribution in [2.45, 2.75) is 26.6 Å². The predicted molar refractivity (Wildman–Crippen MR) is 65.1 cm³/mol. The highest BCUT2D eigenvalue weighted by Crippen LogP contribution is 2.22. The van der Waals surface area contributed by atoms with Crippen LogP contribution in [0.15, 0.2) is 12.1 Å². The highest BCUT2D eigenvalue weighted by molar-refractivity contribution is 7.16. The monoisotopic (exact) mass is 262 g/mol. The molecule has 5 heteroatoms. The van der Waals surface area contributed by atoms with E-state index in [1.165, 1.54) is 11.3 Å². The molecule has 0 aliphatic heterocycles. The van der Waals surface area contributed by atoms with Crippen LogP contribution in [0.2, 0.25) is 4.34 Å². The average molecular weight is 263 g/mol. The highest BCUT2D eigenvalue weighted by atomic mass is 35.5. The third kappa shape index (κ3) is 4.22. The van der Waals surface area contributed by atoms with Gasteiger partial charge in [0.2, 0.25) is 6.29 Å². The number of hydrogen-bond acceptors (Lipinski definition) is 4. The van der Waals surface area contributed by atoms with E-state index in [0.29, 0.717) is 24.0 Å². The third-order valence-electron chi connectivity index (χ3n) is 1.88. The summed E-state index contributed by atoms with van der Waals surface area (Å²) in [7, 11) is 0. The van der Waals surface area contributed by atoms with Gasteiger partial charge in [-0.2, -0.15) is 0 Å². The first-order chi connectivity index (χ1) is 7.67. The summed E-state index contributed by atoms with van der Waals surface area (Å²) in [4.78, 5) is 12.7. The second-order valence-corrected chi connectivity index (χ2v) is 4.89. The quantitative estimate of drug-likeness (QED) is 0.709. The van der Waals surface area contributed by atoms with Crippen LogP contribution in [-0.4, -0.2) is 25.3 Å². The van der Waals surface area contributed by atoms with Crippen molar-refractivity contribution < 1.29 is 14.3 Å². The second kappa shape index (κ2) is 7.01. The minimum Gasteiger partial charge on any atom is -0.346 e. The van der Waals surface area contributed by atoms with E-state index < -0.39 is 6.29 Å². The molecule has 0 atom stereocenters. The molecule has 16 heavy (non-hydrogen) atoms. The maximum Gasteiger partial charge on any atom is 0.218 e. The Bertz CT molecular complexity index is 332. The Morgan fingerprint density at radius 1 is 1.38 bits per heavy atom. The summed E-state index contributed by atoms with van der Waals surface area (Å²) in [5.41, 5.74) is 0. The summed E-state index contributed by atoms with van der Waals surface area (Å²) >= 11 is 7.19. The standard InChI is InChI=1S/C11H15ClO3S/c1-3-14-11(15-4-2)9(13)7-8-5-6-10(12)16-8/h5-6,11H,3-4,7H2,1-2H3. The van der Waals surface area contributed by atoms with Gasteiger partial charge in [0.1, 0.15) is 0 Å². The van der Waals surface area contributed by atoms with Crippen LogP contribution < -0.4 is 0 Å². The van der Waals surface area contributed by atoms with Crippen LogP contribution >= 0.6 is 22.9 Å². The van der Waals surface area contributed by atoms with Crippen molar-refractivity contribution in [2.75, 3.05) is 13.2 Å². The first-order valence-corrected chi connectivity index (χ1v) is 6.37. The molecule has 0 amide bonds. The molecule has 3 nitrogen and oxygen atoms in total. The first kappa shape index (κ1) is 13.6. The second-order valence-electron chi connectivity index (χ2n) is 3.09. The minimum atomic E-state index is -0.754. The lowest BCUT2D eigenvalue weighted by molar-refractivity contribution is -0.167. The summed E-state index contributed by atoms with van der Waals surface area (Å²) in [6.45, 7) is 4.59. The van der Waals surface area contributed by atoms with Gasteiger partial charge in [-0.05, 0) is 26.0 Å². The van der Waals surface area contributed by atoms with E-state index in [1.807, 2.05) is 19.9 Å². The molecule has 90 valence electrons. The average Bonchev–Trinajstić information content (AvgIpc) is 2.63. The number of ether oxygens (including phenoxy) is 2. The largest absolute Gasteiger partial charge is 0.346 e. The zero-order valence-electron chi connectivity index (χ0n) is 9.36. The fourth-order valence-electron chi connectivity index (χ4n) is 1.24. The summed E-state index contributed by atoms with van der Waals surface area (Å²) in [6, 6.07) is 3.63. The van der Waals surface area contributed by atoms with Crippen molar-refractivity contribution in [3.8, 4) is 0 Å². The normalized spacial score (nSPS) is 11.0. The Morgan fingerprint density at radius 3 is 2.44 bits per heavy atom. The molecule has 0 fully saturated rings. The lowest BCUT2D eigenvalue weighted by atomic mass is 10.2. The number of rotatable bonds is 7. The van der Waals surface area contributed by atoms with Crippen LogP contribution in [0.3, 0.4) is 0 Å². The lowest BCUT2D eigenvalue weighted by Gasteiger charge is -2.14.